The summed E-state index contributed by atoms with van der Waals surface area (Å²) in [5.41, 5.74) is 5.76. The highest BCUT2D eigenvalue weighted by Gasteiger charge is 2.23. The van der Waals surface area contributed by atoms with E-state index >= 15 is 0 Å². The van der Waals surface area contributed by atoms with Gasteiger partial charge in [-0.15, -0.1) is 11.3 Å². The van der Waals surface area contributed by atoms with E-state index in [0.717, 1.165) is 23.1 Å². The quantitative estimate of drug-likeness (QED) is 0.584. The largest absolute Gasteiger partial charge is 0.382 e. The minimum absolute atomic E-state index is 0.0485. The molecule has 3 N–H and O–H groups in total. The van der Waals surface area contributed by atoms with Crippen LogP contribution in [0.4, 0.5) is 5.82 Å². The van der Waals surface area contributed by atoms with Crippen LogP contribution >= 0.6 is 23.1 Å². The van der Waals surface area contributed by atoms with E-state index in [2.05, 4.69) is 15.3 Å². The molecule has 2 aromatic heterocycles. The van der Waals surface area contributed by atoms with E-state index in [4.69, 9.17) is 5.73 Å². The van der Waals surface area contributed by atoms with Gasteiger partial charge in [0, 0.05) is 6.04 Å². The third kappa shape index (κ3) is 4.43. The fourth-order valence-corrected chi connectivity index (χ4v) is 4.67. The van der Waals surface area contributed by atoms with Crippen molar-refractivity contribution in [3.63, 3.8) is 0 Å². The first-order valence-corrected chi connectivity index (χ1v) is 9.99. The number of thiophene rings is 1. The van der Waals surface area contributed by atoms with Gasteiger partial charge in [-0.3, -0.25) is 4.79 Å². The second kappa shape index (κ2) is 7.28. The van der Waals surface area contributed by atoms with E-state index in [1.165, 1.54) is 12.3 Å². The van der Waals surface area contributed by atoms with Gasteiger partial charge in [0.2, 0.25) is 15.7 Å². The topological polar surface area (TPSA) is 115 Å². The second-order valence-electron chi connectivity index (χ2n) is 4.85. The summed E-state index contributed by atoms with van der Waals surface area (Å²) in [5, 5.41) is 4.66. The van der Waals surface area contributed by atoms with Crippen LogP contribution in [-0.2, 0) is 14.6 Å². The van der Waals surface area contributed by atoms with E-state index in [-0.39, 0.29) is 37.8 Å². The predicted molar refractivity (Wildman–Crippen MR) is 90.2 cm³/mol. The average molecular weight is 372 g/mol. The van der Waals surface area contributed by atoms with Crippen molar-refractivity contribution < 1.29 is 13.2 Å². The van der Waals surface area contributed by atoms with Crippen LogP contribution in [0, 0.1) is 0 Å². The SMILES string of the molecule is CC(C)NC(=O)CSc1ncc(S(=O)(=O)c2cccs2)c(N)n1. The van der Waals surface area contributed by atoms with E-state index in [1.54, 1.807) is 11.4 Å². The van der Waals surface area contributed by atoms with Crippen molar-refractivity contribution in [3.05, 3.63) is 23.7 Å². The Labute approximate surface area is 142 Å². The molecule has 0 aromatic carbocycles. The molecule has 0 saturated carbocycles. The third-order valence-electron chi connectivity index (χ3n) is 2.59. The van der Waals surface area contributed by atoms with Gasteiger partial charge in [0.15, 0.2) is 5.16 Å². The van der Waals surface area contributed by atoms with Crippen LogP contribution in [0.1, 0.15) is 13.8 Å². The highest BCUT2D eigenvalue weighted by molar-refractivity contribution is 7.99. The molecular formula is C13H16N4O3S3. The zero-order valence-corrected chi connectivity index (χ0v) is 15.0. The summed E-state index contributed by atoms with van der Waals surface area (Å²) in [4.78, 5) is 19.4. The molecule has 0 aliphatic heterocycles. The molecule has 23 heavy (non-hydrogen) atoms. The van der Waals surface area contributed by atoms with Crippen LogP contribution in [0.3, 0.4) is 0 Å². The van der Waals surface area contributed by atoms with Crippen LogP contribution in [0.5, 0.6) is 0 Å². The second-order valence-corrected chi connectivity index (χ2v) is 8.88. The lowest BCUT2D eigenvalue weighted by Gasteiger charge is -2.08. The van der Waals surface area contributed by atoms with E-state index in [9.17, 15) is 13.2 Å². The number of hydrogen-bond donors (Lipinski definition) is 2. The summed E-state index contributed by atoms with van der Waals surface area (Å²) in [6.45, 7) is 3.72. The molecular weight excluding hydrogens is 356 g/mol. The van der Waals surface area contributed by atoms with Gasteiger partial charge in [-0.2, -0.15) is 0 Å². The number of nitrogens with one attached hydrogen (secondary N) is 1. The number of carbonyl (C=O) groups excluding carboxylic acids is 1. The molecule has 2 heterocycles. The number of carbonyl (C=O) groups is 1. The van der Waals surface area contributed by atoms with Crippen LogP contribution in [0.2, 0.25) is 0 Å². The molecule has 0 saturated heterocycles. The fourth-order valence-electron chi connectivity index (χ4n) is 1.66. The molecule has 10 heteroatoms. The van der Waals surface area contributed by atoms with Crippen LogP contribution in [-0.4, -0.2) is 36.1 Å². The van der Waals surface area contributed by atoms with Gasteiger partial charge >= 0.3 is 0 Å². The highest BCUT2D eigenvalue weighted by Crippen LogP contribution is 2.28. The van der Waals surface area contributed by atoms with Crippen molar-refractivity contribution in [2.45, 2.75) is 34.2 Å². The molecule has 0 spiro atoms. The number of nitrogen functional groups attached to an aromatic ring is 1. The average Bonchev–Trinajstić information content (AvgIpc) is 2.99. The number of aromatic nitrogens is 2. The molecule has 0 aliphatic rings. The Balaban J connectivity index is 2.14. The molecule has 124 valence electrons. The maximum atomic E-state index is 12.4. The lowest BCUT2D eigenvalue weighted by molar-refractivity contribution is -0.119. The molecule has 0 bridgehead atoms. The molecule has 0 unspecified atom stereocenters. The summed E-state index contributed by atoms with van der Waals surface area (Å²) in [6.07, 6.45) is 1.18. The van der Waals surface area contributed by atoms with Crippen molar-refractivity contribution in [2.75, 3.05) is 11.5 Å². The first-order chi connectivity index (χ1) is 10.8. The van der Waals surface area contributed by atoms with Crippen LogP contribution < -0.4 is 11.1 Å². The van der Waals surface area contributed by atoms with E-state index in [0.29, 0.717) is 0 Å². The minimum Gasteiger partial charge on any atom is -0.382 e. The van der Waals surface area contributed by atoms with Crippen molar-refractivity contribution in [2.24, 2.45) is 0 Å². The van der Waals surface area contributed by atoms with Gasteiger partial charge in [0.25, 0.3) is 0 Å². The normalized spacial score (nSPS) is 11.6. The van der Waals surface area contributed by atoms with Gasteiger partial charge in [-0.25, -0.2) is 18.4 Å². The maximum Gasteiger partial charge on any atom is 0.230 e. The Kier molecular flexibility index (Phi) is 5.60. The Morgan fingerprint density at radius 3 is 2.78 bits per heavy atom. The van der Waals surface area contributed by atoms with Crippen molar-refractivity contribution >= 4 is 44.7 Å². The van der Waals surface area contributed by atoms with Crippen molar-refractivity contribution in [3.8, 4) is 0 Å². The fraction of sp³-hybridized carbons (Fsp3) is 0.308. The third-order valence-corrected chi connectivity index (χ3v) is 6.62. The molecule has 1 amide bonds. The van der Waals surface area contributed by atoms with Gasteiger partial charge in [-0.05, 0) is 25.3 Å². The number of rotatable bonds is 6. The summed E-state index contributed by atoms with van der Waals surface area (Å²) in [6, 6.07) is 3.19. The molecule has 2 aromatic rings. The van der Waals surface area contributed by atoms with E-state index < -0.39 is 9.84 Å². The maximum absolute atomic E-state index is 12.4. The lowest BCUT2D eigenvalue weighted by atomic mass is 10.4. The monoisotopic (exact) mass is 372 g/mol. The van der Waals surface area contributed by atoms with E-state index in [1.807, 2.05) is 13.8 Å². The van der Waals surface area contributed by atoms with Gasteiger partial charge in [-0.1, -0.05) is 17.8 Å². The highest BCUT2D eigenvalue weighted by atomic mass is 32.2. The molecule has 7 nitrogen and oxygen atoms in total. The first kappa shape index (κ1) is 17.7. The van der Waals surface area contributed by atoms with Gasteiger partial charge in [0.05, 0.1) is 11.9 Å². The van der Waals surface area contributed by atoms with Crippen LogP contribution in [0.25, 0.3) is 0 Å². The number of amides is 1. The molecule has 0 fully saturated rings. The zero-order chi connectivity index (χ0) is 17.0. The summed E-state index contributed by atoms with van der Waals surface area (Å²) in [7, 11) is -3.71. The first-order valence-electron chi connectivity index (χ1n) is 6.64. The number of nitrogens with zero attached hydrogens (tertiary/aromatic N) is 2. The zero-order valence-electron chi connectivity index (χ0n) is 12.5. The Bertz CT molecular complexity index is 789. The van der Waals surface area contributed by atoms with Gasteiger partial charge in [0.1, 0.15) is 14.9 Å². The summed E-state index contributed by atoms with van der Waals surface area (Å²) >= 11 is 2.20. The molecule has 0 radical (unpaired) electrons. The standard InChI is InChI=1S/C13H16N4O3S3/c1-8(2)16-10(18)7-22-13-15-6-9(12(14)17-13)23(19,20)11-4-3-5-21-11/h3-6,8H,7H2,1-2H3,(H,16,18)(H2,14,15,17). The molecule has 2 rings (SSSR count). The number of hydrogen-bond acceptors (Lipinski definition) is 8. The number of anilines is 1. The Morgan fingerprint density at radius 2 is 2.22 bits per heavy atom. The summed E-state index contributed by atoms with van der Waals surface area (Å²) < 4.78 is 25.0. The van der Waals surface area contributed by atoms with Crippen molar-refractivity contribution in [1.29, 1.82) is 0 Å². The smallest absolute Gasteiger partial charge is 0.230 e. The molecule has 0 aliphatic carbocycles. The lowest BCUT2D eigenvalue weighted by Crippen LogP contribution is -2.31. The summed E-state index contributed by atoms with van der Waals surface area (Å²) in [5.74, 6) is -0.142. The van der Waals surface area contributed by atoms with Crippen LogP contribution in [0.15, 0.2) is 38.0 Å². The Hall–Kier alpha value is -1.65. The number of sulfone groups is 1. The number of nitrogens with two attached hydrogens (primary N) is 1. The number of thioether (sulfide) groups is 1. The Morgan fingerprint density at radius 1 is 1.48 bits per heavy atom. The minimum atomic E-state index is -3.71. The predicted octanol–water partition coefficient (Wildman–Crippen LogP) is 1.57. The van der Waals surface area contributed by atoms with Gasteiger partial charge < -0.3 is 11.1 Å². The molecule has 0 atom stereocenters. The van der Waals surface area contributed by atoms with Crippen molar-refractivity contribution in [1.82, 2.24) is 15.3 Å².